The average molecular weight is 528 g/mol. The molecule has 0 aliphatic carbocycles. The Bertz CT molecular complexity index is 1190. The van der Waals surface area contributed by atoms with Crippen LogP contribution in [-0.2, 0) is 20.8 Å². The summed E-state index contributed by atoms with van der Waals surface area (Å²) in [6.07, 6.45) is -0.414. The minimum atomic E-state index is -1.31. The van der Waals surface area contributed by atoms with E-state index in [1.165, 1.54) is 0 Å². The van der Waals surface area contributed by atoms with Crippen LogP contribution in [0.2, 0.25) is 10.0 Å². The van der Waals surface area contributed by atoms with E-state index in [-0.39, 0.29) is 12.0 Å². The average Bonchev–Trinajstić information content (AvgIpc) is 2.83. The lowest BCUT2D eigenvalue weighted by atomic mass is 9.85. The lowest BCUT2D eigenvalue weighted by Gasteiger charge is -2.26. The maximum absolute atomic E-state index is 12.7. The third-order valence-corrected chi connectivity index (χ3v) is 6.58. The Hall–Kier alpha value is -3.35. The van der Waals surface area contributed by atoms with Gasteiger partial charge in [-0.3, -0.25) is 14.4 Å². The highest BCUT2D eigenvalue weighted by Gasteiger charge is 2.27. The highest BCUT2D eigenvalue weighted by Crippen LogP contribution is 2.29. The number of rotatable bonds is 11. The van der Waals surface area contributed by atoms with Crippen molar-refractivity contribution in [3.8, 4) is 11.1 Å². The Morgan fingerprint density at radius 3 is 1.78 bits per heavy atom. The minimum Gasteiger partial charge on any atom is -0.481 e. The summed E-state index contributed by atoms with van der Waals surface area (Å²) in [5.74, 6) is -4.49. The van der Waals surface area contributed by atoms with Crippen molar-refractivity contribution >= 4 is 41.0 Å². The summed E-state index contributed by atoms with van der Waals surface area (Å²) in [5.41, 5.74) is 4.08. The maximum atomic E-state index is 12.7. The molecule has 188 valence electrons. The van der Waals surface area contributed by atoms with Crippen molar-refractivity contribution in [2.75, 3.05) is 0 Å². The fourth-order valence-corrected chi connectivity index (χ4v) is 4.37. The van der Waals surface area contributed by atoms with Crippen molar-refractivity contribution in [3.05, 3.63) is 94.0 Å². The predicted octanol–water partition coefficient (Wildman–Crippen LogP) is 6.06. The van der Waals surface area contributed by atoms with E-state index in [2.05, 4.69) is 5.32 Å². The number of carbonyl (C=O) groups is 3. The van der Waals surface area contributed by atoms with Gasteiger partial charge in [-0.1, -0.05) is 71.7 Å². The largest absolute Gasteiger partial charge is 0.481 e. The van der Waals surface area contributed by atoms with E-state index in [4.69, 9.17) is 28.3 Å². The van der Waals surface area contributed by atoms with E-state index in [0.717, 1.165) is 22.3 Å². The van der Waals surface area contributed by atoms with Gasteiger partial charge in [0.1, 0.15) is 0 Å². The highest BCUT2D eigenvalue weighted by molar-refractivity contribution is 6.30. The van der Waals surface area contributed by atoms with E-state index in [0.29, 0.717) is 16.5 Å². The fraction of sp³-hybridized carbons (Fsp3) is 0.250. The van der Waals surface area contributed by atoms with E-state index < -0.39 is 36.6 Å². The van der Waals surface area contributed by atoms with Crippen molar-refractivity contribution in [2.45, 2.75) is 38.1 Å². The van der Waals surface area contributed by atoms with Crippen molar-refractivity contribution in [2.24, 2.45) is 5.92 Å². The van der Waals surface area contributed by atoms with Gasteiger partial charge in [0, 0.05) is 28.4 Å². The number of aliphatic carboxylic acids is 2. The second kappa shape index (κ2) is 12.6. The number of amides is 1. The number of carbonyl (C=O) groups excluding carboxylic acids is 1. The summed E-state index contributed by atoms with van der Waals surface area (Å²) in [6.45, 7) is 1.86. The highest BCUT2D eigenvalue weighted by atomic mass is 35.5. The van der Waals surface area contributed by atoms with Crippen LogP contribution in [0.15, 0.2) is 72.8 Å². The standard InChI is InChI=1S/C28H27Cl2NO5/c1-17(31-26(32)15-22(28(35)36)16-27(33)34)25(14-18-2-10-23(29)11-3-18)21-6-4-19(5-7-21)20-8-12-24(30)13-9-20/h2-13,17,22,25H,14-16H2,1H3,(H,31,32)(H,33,34)(H,35,36). The molecule has 1 amide bonds. The molecule has 3 rings (SSSR count). The van der Waals surface area contributed by atoms with Crippen LogP contribution in [0.5, 0.6) is 0 Å². The first-order valence-corrected chi connectivity index (χ1v) is 12.2. The van der Waals surface area contributed by atoms with Crippen LogP contribution >= 0.6 is 23.2 Å². The van der Waals surface area contributed by atoms with Gasteiger partial charge in [0.2, 0.25) is 5.91 Å². The van der Waals surface area contributed by atoms with Gasteiger partial charge in [0.05, 0.1) is 12.3 Å². The molecule has 0 aliphatic rings. The molecule has 0 aromatic heterocycles. The van der Waals surface area contributed by atoms with Crippen LogP contribution in [0, 0.1) is 5.92 Å². The number of halogens is 2. The quantitative estimate of drug-likeness (QED) is 0.281. The zero-order valence-electron chi connectivity index (χ0n) is 19.7. The first-order valence-electron chi connectivity index (χ1n) is 11.5. The zero-order chi connectivity index (χ0) is 26.2. The van der Waals surface area contributed by atoms with Crippen molar-refractivity contribution < 1.29 is 24.6 Å². The molecule has 0 saturated carbocycles. The van der Waals surface area contributed by atoms with E-state index in [9.17, 15) is 19.5 Å². The van der Waals surface area contributed by atoms with Crippen LogP contribution in [-0.4, -0.2) is 34.1 Å². The summed E-state index contributed by atoms with van der Waals surface area (Å²) >= 11 is 12.0. The molecule has 0 spiro atoms. The number of benzene rings is 3. The Morgan fingerprint density at radius 2 is 1.28 bits per heavy atom. The molecule has 0 radical (unpaired) electrons. The van der Waals surface area contributed by atoms with Crippen molar-refractivity contribution in [3.63, 3.8) is 0 Å². The molecular weight excluding hydrogens is 501 g/mol. The zero-order valence-corrected chi connectivity index (χ0v) is 21.2. The summed E-state index contributed by atoms with van der Waals surface area (Å²) < 4.78 is 0. The van der Waals surface area contributed by atoms with E-state index >= 15 is 0 Å². The number of hydrogen-bond acceptors (Lipinski definition) is 3. The first-order chi connectivity index (χ1) is 17.1. The Labute approximate surface area is 219 Å². The predicted molar refractivity (Wildman–Crippen MR) is 140 cm³/mol. The van der Waals surface area contributed by atoms with Gasteiger partial charge in [-0.05, 0) is 59.9 Å². The molecule has 0 heterocycles. The number of carboxylic acid groups (broad SMARTS) is 2. The van der Waals surface area contributed by atoms with E-state index in [1.54, 1.807) is 0 Å². The van der Waals surface area contributed by atoms with Crippen LogP contribution < -0.4 is 5.32 Å². The maximum Gasteiger partial charge on any atom is 0.307 e. The van der Waals surface area contributed by atoms with Crippen LogP contribution in [0.25, 0.3) is 11.1 Å². The SMILES string of the molecule is CC(NC(=O)CC(CC(=O)O)C(=O)O)C(Cc1ccc(Cl)cc1)c1ccc(-c2ccc(Cl)cc2)cc1. The molecule has 0 saturated heterocycles. The number of nitrogens with one attached hydrogen (secondary N) is 1. The first kappa shape index (κ1) is 27.2. The number of hydrogen-bond donors (Lipinski definition) is 3. The third kappa shape index (κ3) is 7.83. The fourth-order valence-electron chi connectivity index (χ4n) is 4.12. The van der Waals surface area contributed by atoms with Crippen molar-refractivity contribution in [1.82, 2.24) is 5.32 Å². The third-order valence-electron chi connectivity index (χ3n) is 6.08. The second-order valence-corrected chi connectivity index (χ2v) is 9.63. The molecule has 3 aromatic carbocycles. The Morgan fingerprint density at radius 1 is 0.778 bits per heavy atom. The normalized spacial score (nSPS) is 13.4. The topological polar surface area (TPSA) is 104 Å². The summed E-state index contributed by atoms with van der Waals surface area (Å²) in [4.78, 5) is 35.0. The molecule has 0 fully saturated rings. The molecule has 3 aromatic rings. The molecule has 3 unspecified atom stereocenters. The summed E-state index contributed by atoms with van der Waals surface area (Å²) in [5, 5.41) is 22.4. The van der Waals surface area contributed by atoms with Crippen LogP contribution in [0.3, 0.4) is 0 Å². The molecular formula is C28H27Cl2NO5. The molecule has 0 bridgehead atoms. The molecule has 3 atom stereocenters. The van der Waals surface area contributed by atoms with Gasteiger partial charge in [0.15, 0.2) is 0 Å². The van der Waals surface area contributed by atoms with Gasteiger partial charge in [-0.15, -0.1) is 0 Å². The van der Waals surface area contributed by atoms with Crippen LogP contribution in [0.4, 0.5) is 0 Å². The second-order valence-electron chi connectivity index (χ2n) is 8.76. The molecule has 3 N–H and O–H groups in total. The summed E-state index contributed by atoms with van der Waals surface area (Å²) in [6, 6.07) is 22.7. The Balaban J connectivity index is 1.81. The minimum absolute atomic E-state index is 0.128. The van der Waals surface area contributed by atoms with Gasteiger partial charge in [0.25, 0.3) is 0 Å². The summed E-state index contributed by atoms with van der Waals surface area (Å²) in [7, 11) is 0. The molecule has 6 nitrogen and oxygen atoms in total. The molecule has 8 heteroatoms. The van der Waals surface area contributed by atoms with Gasteiger partial charge >= 0.3 is 11.9 Å². The van der Waals surface area contributed by atoms with Gasteiger partial charge in [-0.2, -0.15) is 0 Å². The lowest BCUT2D eigenvalue weighted by Crippen LogP contribution is -2.39. The van der Waals surface area contributed by atoms with Crippen LogP contribution in [0.1, 0.15) is 36.8 Å². The molecule has 0 aliphatic heterocycles. The van der Waals surface area contributed by atoms with Gasteiger partial charge < -0.3 is 15.5 Å². The van der Waals surface area contributed by atoms with Gasteiger partial charge in [-0.25, -0.2) is 0 Å². The lowest BCUT2D eigenvalue weighted by molar-refractivity contribution is -0.149. The molecule has 36 heavy (non-hydrogen) atoms. The van der Waals surface area contributed by atoms with Crippen molar-refractivity contribution in [1.29, 1.82) is 0 Å². The monoisotopic (exact) mass is 527 g/mol. The Kier molecular flexibility index (Phi) is 9.51. The van der Waals surface area contributed by atoms with E-state index in [1.807, 2.05) is 79.7 Å². The smallest absolute Gasteiger partial charge is 0.307 e. The number of carboxylic acids is 2.